The van der Waals surface area contributed by atoms with E-state index in [1.807, 2.05) is 0 Å². The van der Waals surface area contributed by atoms with Gasteiger partial charge in [-0.2, -0.15) is 0 Å². The van der Waals surface area contributed by atoms with Crippen LogP contribution in [0, 0.1) is 27.9 Å². The molecule has 1 aromatic rings. The summed E-state index contributed by atoms with van der Waals surface area (Å²) in [6.07, 6.45) is 3.20. The molecule has 1 aliphatic carbocycles. The van der Waals surface area contributed by atoms with Gasteiger partial charge in [-0.25, -0.2) is 0 Å². The number of nitrogens with one attached hydrogen (secondary N) is 1. The topological polar surface area (TPSA) is 90.7 Å². The maximum absolute atomic E-state index is 11.7. The molecule has 3 atom stereocenters. The number of nitrogens with zero attached hydrogens (tertiary/aromatic N) is 1. The summed E-state index contributed by atoms with van der Waals surface area (Å²) in [4.78, 5) is 22.9. The lowest BCUT2D eigenvalue weighted by molar-refractivity contribution is -0.384. The Labute approximate surface area is 160 Å². The van der Waals surface area contributed by atoms with Crippen LogP contribution < -0.4 is 10.1 Å². The van der Waals surface area contributed by atoms with Crippen molar-refractivity contribution in [1.29, 1.82) is 0 Å². The molecule has 0 saturated heterocycles. The standard InChI is InChI=1S/C20H30N2O5/c1-12(2)15-7-6-13(3)8-16(15)21-17-11-19(26-4)14(10-20(23)27-5)9-18(17)22(24)25/h9,11-13,15-16,21H,6-8,10H2,1-5H3/t13-,15+,16-/m1/s1. The summed E-state index contributed by atoms with van der Waals surface area (Å²) in [6, 6.07) is 3.21. The predicted molar refractivity (Wildman–Crippen MR) is 104 cm³/mol. The van der Waals surface area contributed by atoms with Crippen molar-refractivity contribution in [2.24, 2.45) is 17.8 Å². The summed E-state index contributed by atoms with van der Waals surface area (Å²) in [6.45, 7) is 6.62. The molecular weight excluding hydrogens is 348 g/mol. The van der Waals surface area contributed by atoms with Gasteiger partial charge in [0.25, 0.3) is 5.69 Å². The van der Waals surface area contributed by atoms with E-state index in [4.69, 9.17) is 4.74 Å². The normalized spacial score (nSPS) is 22.4. The van der Waals surface area contributed by atoms with Crippen LogP contribution in [0.5, 0.6) is 5.75 Å². The van der Waals surface area contributed by atoms with Crippen molar-refractivity contribution in [2.75, 3.05) is 19.5 Å². The second-order valence-electron chi connectivity index (χ2n) is 7.77. The fourth-order valence-corrected chi connectivity index (χ4v) is 4.00. The van der Waals surface area contributed by atoms with Crippen LogP contribution in [-0.2, 0) is 16.0 Å². The van der Waals surface area contributed by atoms with Gasteiger partial charge in [0.05, 0.1) is 25.6 Å². The van der Waals surface area contributed by atoms with Crippen LogP contribution in [0.2, 0.25) is 0 Å². The first kappa shape index (κ1) is 21.0. The van der Waals surface area contributed by atoms with Gasteiger partial charge in [-0.1, -0.05) is 27.2 Å². The van der Waals surface area contributed by atoms with Gasteiger partial charge in [-0.3, -0.25) is 14.9 Å². The third kappa shape index (κ3) is 5.11. The predicted octanol–water partition coefficient (Wildman–Crippen LogP) is 4.19. The molecule has 0 unspecified atom stereocenters. The summed E-state index contributed by atoms with van der Waals surface area (Å²) in [5.74, 6) is 1.51. The summed E-state index contributed by atoms with van der Waals surface area (Å²) < 4.78 is 10.1. The number of rotatable bonds is 7. The molecule has 2 rings (SSSR count). The quantitative estimate of drug-likeness (QED) is 0.434. The van der Waals surface area contributed by atoms with E-state index in [-0.39, 0.29) is 18.2 Å². The van der Waals surface area contributed by atoms with Crippen LogP contribution in [0.3, 0.4) is 0 Å². The average molecular weight is 378 g/mol. The third-order valence-corrected chi connectivity index (χ3v) is 5.52. The Morgan fingerprint density at radius 1 is 1.33 bits per heavy atom. The molecule has 0 bridgehead atoms. The smallest absolute Gasteiger partial charge is 0.310 e. The number of esters is 1. The number of hydrogen-bond donors (Lipinski definition) is 1. The SMILES string of the molecule is COC(=O)Cc1cc([N+](=O)[O-])c(N[C@@H]2C[C@H](C)CC[C@H]2C(C)C)cc1OC. The summed E-state index contributed by atoms with van der Waals surface area (Å²) in [5.41, 5.74) is 0.838. The molecule has 0 amide bonds. The van der Waals surface area contributed by atoms with Crippen LogP contribution in [0.25, 0.3) is 0 Å². The Morgan fingerprint density at radius 2 is 2.04 bits per heavy atom. The molecule has 0 aromatic heterocycles. The summed E-state index contributed by atoms with van der Waals surface area (Å²) >= 11 is 0. The number of ether oxygens (including phenoxy) is 2. The Morgan fingerprint density at radius 3 is 2.59 bits per heavy atom. The minimum absolute atomic E-state index is 0.0459. The molecule has 0 radical (unpaired) electrons. The molecule has 1 N–H and O–H groups in total. The number of carbonyl (C=O) groups is 1. The van der Waals surface area contributed by atoms with Crippen LogP contribution in [0.4, 0.5) is 11.4 Å². The van der Waals surface area contributed by atoms with Crippen molar-refractivity contribution in [3.05, 3.63) is 27.8 Å². The molecule has 7 nitrogen and oxygen atoms in total. The average Bonchev–Trinajstić information content (AvgIpc) is 2.61. The lowest BCUT2D eigenvalue weighted by atomic mass is 9.74. The Hall–Kier alpha value is -2.31. The lowest BCUT2D eigenvalue weighted by Crippen LogP contribution is -2.38. The first-order valence-electron chi connectivity index (χ1n) is 9.45. The van der Waals surface area contributed by atoms with Crippen LogP contribution in [0.15, 0.2) is 12.1 Å². The zero-order valence-electron chi connectivity index (χ0n) is 16.8. The molecule has 1 aromatic carbocycles. The Balaban J connectivity index is 2.39. The van der Waals surface area contributed by atoms with Crippen molar-refractivity contribution in [1.82, 2.24) is 0 Å². The lowest BCUT2D eigenvalue weighted by Gasteiger charge is -2.38. The third-order valence-electron chi connectivity index (χ3n) is 5.52. The van der Waals surface area contributed by atoms with Crippen LogP contribution in [0.1, 0.15) is 45.6 Å². The highest BCUT2D eigenvalue weighted by Gasteiger charge is 2.32. The Bertz CT molecular complexity index is 689. The minimum atomic E-state index is -0.468. The van der Waals surface area contributed by atoms with Crippen molar-refractivity contribution in [3.8, 4) is 5.75 Å². The van der Waals surface area contributed by atoms with Gasteiger partial charge >= 0.3 is 5.97 Å². The molecule has 1 saturated carbocycles. The summed E-state index contributed by atoms with van der Waals surface area (Å²) in [5, 5.41) is 15.1. The second-order valence-corrected chi connectivity index (χ2v) is 7.77. The van der Waals surface area contributed by atoms with Gasteiger partial charge in [0, 0.05) is 23.7 Å². The van der Waals surface area contributed by atoms with E-state index in [2.05, 4.69) is 30.8 Å². The van der Waals surface area contributed by atoms with E-state index in [9.17, 15) is 14.9 Å². The zero-order valence-corrected chi connectivity index (χ0v) is 16.8. The van der Waals surface area contributed by atoms with Gasteiger partial charge in [-0.05, 0) is 30.6 Å². The van der Waals surface area contributed by atoms with E-state index in [0.29, 0.717) is 34.8 Å². The number of anilines is 1. The molecule has 150 valence electrons. The van der Waals surface area contributed by atoms with E-state index in [0.717, 1.165) is 12.8 Å². The summed E-state index contributed by atoms with van der Waals surface area (Å²) in [7, 11) is 2.78. The Kier molecular flexibility index (Phi) is 7.05. The van der Waals surface area contributed by atoms with Crippen molar-refractivity contribution < 1.29 is 19.2 Å². The second kappa shape index (κ2) is 9.06. The first-order chi connectivity index (χ1) is 12.8. The van der Waals surface area contributed by atoms with Gasteiger partial charge in [0.15, 0.2) is 0 Å². The number of nitro benzene ring substituents is 1. The van der Waals surface area contributed by atoms with Crippen molar-refractivity contribution in [2.45, 2.75) is 52.5 Å². The molecule has 1 fully saturated rings. The van der Waals surface area contributed by atoms with E-state index in [1.165, 1.54) is 26.7 Å². The van der Waals surface area contributed by atoms with Gasteiger partial charge < -0.3 is 14.8 Å². The molecule has 1 aliphatic rings. The number of carbonyl (C=O) groups excluding carboxylic acids is 1. The molecule has 7 heteroatoms. The molecule has 0 heterocycles. The van der Waals surface area contributed by atoms with E-state index in [1.54, 1.807) is 6.07 Å². The van der Waals surface area contributed by atoms with Crippen LogP contribution >= 0.6 is 0 Å². The maximum atomic E-state index is 11.7. The monoisotopic (exact) mass is 378 g/mol. The zero-order chi connectivity index (χ0) is 20.1. The highest BCUT2D eigenvalue weighted by atomic mass is 16.6. The fraction of sp³-hybridized carbons (Fsp3) is 0.650. The van der Waals surface area contributed by atoms with Gasteiger partial charge in [0.2, 0.25) is 0 Å². The number of nitro groups is 1. The maximum Gasteiger partial charge on any atom is 0.310 e. The number of methoxy groups -OCH3 is 2. The van der Waals surface area contributed by atoms with Crippen LogP contribution in [-0.4, -0.2) is 31.2 Å². The van der Waals surface area contributed by atoms with E-state index >= 15 is 0 Å². The molecule has 0 aliphatic heterocycles. The number of benzene rings is 1. The largest absolute Gasteiger partial charge is 0.496 e. The number of hydrogen-bond acceptors (Lipinski definition) is 6. The molecular formula is C20H30N2O5. The highest BCUT2D eigenvalue weighted by Crippen LogP contribution is 2.39. The molecule has 27 heavy (non-hydrogen) atoms. The van der Waals surface area contributed by atoms with Gasteiger partial charge in [-0.15, -0.1) is 0 Å². The van der Waals surface area contributed by atoms with Crippen molar-refractivity contribution >= 4 is 17.3 Å². The first-order valence-corrected chi connectivity index (χ1v) is 9.45. The van der Waals surface area contributed by atoms with Gasteiger partial charge in [0.1, 0.15) is 11.4 Å². The van der Waals surface area contributed by atoms with E-state index < -0.39 is 10.9 Å². The molecule has 0 spiro atoms. The highest BCUT2D eigenvalue weighted by molar-refractivity contribution is 5.76. The van der Waals surface area contributed by atoms with Crippen molar-refractivity contribution in [3.63, 3.8) is 0 Å². The fourth-order valence-electron chi connectivity index (χ4n) is 4.00. The minimum Gasteiger partial charge on any atom is -0.496 e.